The fourth-order valence-electron chi connectivity index (χ4n) is 3.71. The van der Waals surface area contributed by atoms with Crippen LogP contribution in [0.1, 0.15) is 19.4 Å². The first-order valence-corrected chi connectivity index (χ1v) is 13.2. The number of aromatic nitrogens is 1. The van der Waals surface area contributed by atoms with E-state index in [0.29, 0.717) is 17.9 Å². The quantitative estimate of drug-likeness (QED) is 0.390. The summed E-state index contributed by atoms with van der Waals surface area (Å²) in [4.78, 5) is 25.1. The van der Waals surface area contributed by atoms with Crippen LogP contribution in [-0.2, 0) is 27.8 Å². The normalized spacial score (nSPS) is 11.5. The van der Waals surface area contributed by atoms with Gasteiger partial charge in [-0.1, -0.05) is 48.6 Å². The van der Waals surface area contributed by atoms with E-state index >= 15 is 0 Å². The highest BCUT2D eigenvalue weighted by Gasteiger charge is 2.27. The molecule has 0 fully saturated rings. The largest absolute Gasteiger partial charge is 0.324 e. The van der Waals surface area contributed by atoms with Gasteiger partial charge in [0, 0.05) is 12.2 Å². The molecule has 3 aromatic carbocycles. The van der Waals surface area contributed by atoms with Gasteiger partial charge in [0.15, 0.2) is 0 Å². The maximum atomic E-state index is 13.4. The van der Waals surface area contributed by atoms with Crippen LogP contribution >= 0.6 is 11.3 Å². The molecule has 4 rings (SSSR count). The van der Waals surface area contributed by atoms with E-state index in [9.17, 15) is 18.0 Å². The monoisotopic (exact) mass is 495 g/mol. The minimum atomic E-state index is -3.97. The molecule has 0 unspecified atom stereocenters. The van der Waals surface area contributed by atoms with E-state index in [1.165, 1.54) is 12.1 Å². The van der Waals surface area contributed by atoms with Crippen LogP contribution in [0.3, 0.4) is 0 Å². The summed E-state index contributed by atoms with van der Waals surface area (Å²) in [6.07, 6.45) is 0.820. The smallest absolute Gasteiger partial charge is 0.308 e. The number of aryl methyl sites for hydroxylation is 2. The fraction of sp³-hybridized carbons (Fsp3) is 0.200. The third-order valence-corrected chi connectivity index (χ3v) is 8.25. The molecule has 0 aliphatic carbocycles. The van der Waals surface area contributed by atoms with Crippen LogP contribution in [0.4, 0.5) is 11.4 Å². The molecule has 34 heavy (non-hydrogen) atoms. The molecule has 0 atom stereocenters. The zero-order valence-corrected chi connectivity index (χ0v) is 20.5. The number of anilines is 2. The van der Waals surface area contributed by atoms with Crippen molar-refractivity contribution in [1.29, 1.82) is 0 Å². The number of carbonyl (C=O) groups excluding carboxylic acids is 1. The Bertz CT molecular complexity index is 1470. The minimum Gasteiger partial charge on any atom is -0.324 e. The lowest BCUT2D eigenvalue weighted by molar-refractivity contribution is -0.114. The number of thiazole rings is 1. The zero-order chi connectivity index (χ0) is 24.3. The first kappa shape index (κ1) is 23.7. The second-order valence-corrected chi connectivity index (χ2v) is 10.5. The molecule has 7 nitrogen and oxygen atoms in total. The first-order valence-electron chi connectivity index (χ1n) is 10.9. The number of nitrogens with one attached hydrogen (secondary N) is 1. The Morgan fingerprint density at radius 2 is 1.71 bits per heavy atom. The Morgan fingerprint density at radius 1 is 1.00 bits per heavy atom. The molecule has 0 saturated carbocycles. The molecule has 0 saturated heterocycles. The predicted molar refractivity (Wildman–Crippen MR) is 137 cm³/mol. The van der Waals surface area contributed by atoms with Gasteiger partial charge in [-0.2, -0.15) is 0 Å². The van der Waals surface area contributed by atoms with E-state index in [1.807, 2.05) is 26.0 Å². The highest BCUT2D eigenvalue weighted by atomic mass is 32.2. The van der Waals surface area contributed by atoms with E-state index < -0.39 is 22.5 Å². The highest BCUT2D eigenvalue weighted by Crippen LogP contribution is 2.25. The van der Waals surface area contributed by atoms with Crippen LogP contribution in [0.5, 0.6) is 0 Å². The molecule has 0 radical (unpaired) electrons. The van der Waals surface area contributed by atoms with Gasteiger partial charge in [-0.05, 0) is 61.4 Å². The SMILES string of the molecule is CCc1ccc(N(CC(=O)Nc2ccc3c(c2)sc(=O)n3CC)S(=O)(=O)c2ccccc2)cc1. The number of amides is 1. The number of sulfonamides is 1. The molecule has 0 aliphatic heterocycles. The second kappa shape index (κ2) is 9.82. The van der Waals surface area contributed by atoms with Crippen LogP contribution in [0.25, 0.3) is 10.2 Å². The molecule has 1 heterocycles. The van der Waals surface area contributed by atoms with Crippen LogP contribution in [-0.4, -0.2) is 25.4 Å². The fourth-order valence-corrected chi connectivity index (χ4v) is 6.14. The van der Waals surface area contributed by atoms with Crippen molar-refractivity contribution in [3.05, 3.63) is 88.0 Å². The maximum absolute atomic E-state index is 13.4. The Balaban J connectivity index is 1.63. The molecule has 1 N–H and O–H groups in total. The predicted octanol–water partition coefficient (Wildman–Crippen LogP) is 4.48. The molecule has 176 valence electrons. The third kappa shape index (κ3) is 4.76. The van der Waals surface area contributed by atoms with Crippen LogP contribution in [0, 0.1) is 0 Å². The van der Waals surface area contributed by atoms with Gasteiger partial charge in [-0.15, -0.1) is 0 Å². The Labute approximate surface area is 202 Å². The molecular weight excluding hydrogens is 470 g/mol. The van der Waals surface area contributed by atoms with Crippen LogP contribution in [0.2, 0.25) is 0 Å². The average Bonchev–Trinajstić information content (AvgIpc) is 3.17. The molecule has 0 aliphatic rings. The first-order chi connectivity index (χ1) is 16.3. The van der Waals surface area contributed by atoms with Gasteiger partial charge in [-0.3, -0.25) is 18.5 Å². The number of fused-ring (bicyclic) bond motifs is 1. The van der Waals surface area contributed by atoms with Gasteiger partial charge >= 0.3 is 4.87 Å². The molecule has 1 amide bonds. The van der Waals surface area contributed by atoms with E-state index in [1.54, 1.807) is 53.1 Å². The van der Waals surface area contributed by atoms with Crippen molar-refractivity contribution >= 4 is 48.9 Å². The lowest BCUT2D eigenvalue weighted by Crippen LogP contribution is -2.38. The van der Waals surface area contributed by atoms with Crippen molar-refractivity contribution in [3.63, 3.8) is 0 Å². The van der Waals surface area contributed by atoms with Crippen molar-refractivity contribution in [2.75, 3.05) is 16.2 Å². The molecule has 4 aromatic rings. The summed E-state index contributed by atoms with van der Waals surface area (Å²) in [5.41, 5.74) is 2.78. The highest BCUT2D eigenvalue weighted by molar-refractivity contribution is 7.92. The minimum absolute atomic E-state index is 0.0587. The van der Waals surface area contributed by atoms with Gasteiger partial charge in [-0.25, -0.2) is 8.42 Å². The summed E-state index contributed by atoms with van der Waals surface area (Å²) in [7, 11) is -3.97. The summed E-state index contributed by atoms with van der Waals surface area (Å²) in [5.74, 6) is -0.485. The Morgan fingerprint density at radius 3 is 2.35 bits per heavy atom. The number of carbonyl (C=O) groups is 1. The van der Waals surface area contributed by atoms with Crippen molar-refractivity contribution in [2.24, 2.45) is 0 Å². The number of nitrogens with zero attached hydrogens (tertiary/aromatic N) is 2. The number of benzene rings is 3. The van der Waals surface area contributed by atoms with Crippen LogP contribution < -0.4 is 14.5 Å². The molecule has 1 aromatic heterocycles. The van der Waals surface area contributed by atoms with Crippen molar-refractivity contribution in [3.8, 4) is 0 Å². The average molecular weight is 496 g/mol. The Hall–Kier alpha value is -3.43. The number of hydrogen-bond donors (Lipinski definition) is 1. The molecule has 0 spiro atoms. The lowest BCUT2D eigenvalue weighted by Gasteiger charge is -2.24. The van der Waals surface area contributed by atoms with Gasteiger partial charge in [0.2, 0.25) is 5.91 Å². The second-order valence-electron chi connectivity index (χ2n) is 7.69. The van der Waals surface area contributed by atoms with E-state index in [4.69, 9.17) is 0 Å². The van der Waals surface area contributed by atoms with Gasteiger partial charge < -0.3 is 5.32 Å². The maximum Gasteiger partial charge on any atom is 0.308 e. The van der Waals surface area contributed by atoms with Crippen molar-refractivity contribution in [1.82, 2.24) is 4.57 Å². The number of rotatable bonds is 8. The van der Waals surface area contributed by atoms with Gasteiger partial charge in [0.1, 0.15) is 6.54 Å². The van der Waals surface area contributed by atoms with Gasteiger partial charge in [0.05, 0.1) is 20.8 Å². The summed E-state index contributed by atoms with van der Waals surface area (Å²) in [6.45, 7) is 4.09. The van der Waals surface area contributed by atoms with E-state index in [2.05, 4.69) is 5.32 Å². The standard InChI is InChI=1S/C25H25N3O4S2/c1-3-18-10-13-20(14-11-18)28(34(31,32)21-8-6-5-7-9-21)17-24(29)26-19-12-15-22-23(16-19)33-25(30)27(22)4-2/h5-16H,3-4,17H2,1-2H3,(H,26,29). The zero-order valence-electron chi connectivity index (χ0n) is 18.9. The van der Waals surface area contributed by atoms with Crippen molar-refractivity contribution < 1.29 is 13.2 Å². The molecule has 9 heteroatoms. The summed E-state index contributed by atoms with van der Waals surface area (Å²) in [5, 5.41) is 2.78. The summed E-state index contributed by atoms with van der Waals surface area (Å²) < 4.78 is 30.4. The Kier molecular flexibility index (Phi) is 6.85. The topological polar surface area (TPSA) is 88.5 Å². The van der Waals surface area contributed by atoms with E-state index in [-0.39, 0.29) is 9.77 Å². The summed E-state index contributed by atoms with van der Waals surface area (Å²) in [6, 6.07) is 20.4. The van der Waals surface area contributed by atoms with Gasteiger partial charge in [0.25, 0.3) is 10.0 Å². The van der Waals surface area contributed by atoms with E-state index in [0.717, 1.165) is 37.8 Å². The summed E-state index contributed by atoms with van der Waals surface area (Å²) >= 11 is 1.11. The van der Waals surface area contributed by atoms with Crippen LogP contribution in [0.15, 0.2) is 82.5 Å². The molecular formula is C25H25N3O4S2. The lowest BCUT2D eigenvalue weighted by atomic mass is 10.1. The number of hydrogen-bond acceptors (Lipinski definition) is 5. The third-order valence-electron chi connectivity index (χ3n) is 5.52. The molecule has 0 bridgehead atoms. The van der Waals surface area contributed by atoms with Crippen molar-refractivity contribution in [2.45, 2.75) is 31.7 Å².